The molecule has 2 nitrogen and oxygen atoms in total. The fraction of sp³-hybridized carbons (Fsp3) is 0.889. The van der Waals surface area contributed by atoms with Crippen molar-refractivity contribution in [1.29, 1.82) is 5.26 Å². The number of nitrogens with zero attached hydrogens (tertiary/aromatic N) is 1. The fourth-order valence-corrected chi connectivity index (χ4v) is 1.78. The standard InChI is InChI=1S/C9H15NO/c1-8(11-7-10)9-5-3-2-4-6-9/h8-9H,2-6H2,1H3/t8-/m1/s1. The van der Waals surface area contributed by atoms with Crippen LogP contribution < -0.4 is 0 Å². The predicted molar refractivity (Wildman–Crippen MR) is 42.7 cm³/mol. The first-order valence-electron chi connectivity index (χ1n) is 4.39. The number of rotatable bonds is 2. The topological polar surface area (TPSA) is 33.0 Å². The Morgan fingerprint density at radius 1 is 1.36 bits per heavy atom. The summed E-state index contributed by atoms with van der Waals surface area (Å²) in [5, 5.41) is 8.30. The van der Waals surface area contributed by atoms with Crippen molar-refractivity contribution in [3.63, 3.8) is 0 Å². The largest absolute Gasteiger partial charge is 0.424 e. The average molecular weight is 153 g/mol. The third-order valence-corrected chi connectivity index (χ3v) is 2.55. The highest BCUT2D eigenvalue weighted by atomic mass is 16.5. The van der Waals surface area contributed by atoms with Crippen molar-refractivity contribution < 1.29 is 4.74 Å². The molecular weight excluding hydrogens is 138 g/mol. The van der Waals surface area contributed by atoms with Crippen LogP contribution in [0.2, 0.25) is 0 Å². The van der Waals surface area contributed by atoms with Crippen LogP contribution >= 0.6 is 0 Å². The van der Waals surface area contributed by atoms with E-state index in [0.29, 0.717) is 5.92 Å². The highest BCUT2D eigenvalue weighted by molar-refractivity contribution is 4.73. The Kier molecular flexibility index (Phi) is 3.22. The monoisotopic (exact) mass is 153 g/mol. The lowest BCUT2D eigenvalue weighted by atomic mass is 9.86. The molecule has 0 amide bonds. The van der Waals surface area contributed by atoms with Gasteiger partial charge in [-0.2, -0.15) is 5.26 Å². The third kappa shape index (κ3) is 2.42. The maximum Gasteiger partial charge on any atom is 0.286 e. The summed E-state index contributed by atoms with van der Waals surface area (Å²) in [7, 11) is 0. The van der Waals surface area contributed by atoms with Gasteiger partial charge in [-0.05, 0) is 25.7 Å². The van der Waals surface area contributed by atoms with Gasteiger partial charge in [-0.3, -0.25) is 0 Å². The van der Waals surface area contributed by atoms with Gasteiger partial charge in [0.05, 0.1) is 0 Å². The Bertz CT molecular complexity index is 144. The Morgan fingerprint density at radius 2 is 2.00 bits per heavy atom. The number of nitriles is 1. The zero-order chi connectivity index (χ0) is 8.10. The second-order valence-electron chi connectivity index (χ2n) is 3.31. The van der Waals surface area contributed by atoms with Gasteiger partial charge in [0.15, 0.2) is 0 Å². The minimum Gasteiger partial charge on any atom is -0.424 e. The normalized spacial score (nSPS) is 22.2. The Balaban J connectivity index is 2.27. The van der Waals surface area contributed by atoms with Crippen LogP contribution in [0.5, 0.6) is 0 Å². The van der Waals surface area contributed by atoms with Crippen molar-refractivity contribution in [3.8, 4) is 6.26 Å². The third-order valence-electron chi connectivity index (χ3n) is 2.55. The average Bonchev–Trinajstić information content (AvgIpc) is 2.07. The molecule has 1 atom stereocenters. The number of hydrogen-bond donors (Lipinski definition) is 0. The predicted octanol–water partition coefficient (Wildman–Crippen LogP) is 2.45. The second kappa shape index (κ2) is 4.23. The highest BCUT2D eigenvalue weighted by Crippen LogP contribution is 2.27. The maximum absolute atomic E-state index is 8.30. The summed E-state index contributed by atoms with van der Waals surface area (Å²) in [6, 6.07) is 0. The molecule has 0 heterocycles. The molecule has 1 aliphatic rings. The van der Waals surface area contributed by atoms with Gasteiger partial charge in [0.25, 0.3) is 6.26 Å². The van der Waals surface area contributed by atoms with E-state index in [0.717, 1.165) is 0 Å². The van der Waals surface area contributed by atoms with Crippen LogP contribution in [0.15, 0.2) is 0 Å². The maximum atomic E-state index is 8.30. The lowest BCUT2D eigenvalue weighted by Crippen LogP contribution is -2.21. The van der Waals surface area contributed by atoms with Gasteiger partial charge in [0, 0.05) is 0 Å². The molecule has 0 saturated heterocycles. The van der Waals surface area contributed by atoms with Crippen molar-refractivity contribution in [3.05, 3.63) is 0 Å². The molecule has 1 rings (SSSR count). The van der Waals surface area contributed by atoms with E-state index < -0.39 is 0 Å². The quantitative estimate of drug-likeness (QED) is 0.571. The van der Waals surface area contributed by atoms with Crippen LogP contribution in [0.1, 0.15) is 39.0 Å². The Morgan fingerprint density at radius 3 is 2.55 bits per heavy atom. The molecule has 0 aromatic carbocycles. The van der Waals surface area contributed by atoms with Gasteiger partial charge in [-0.1, -0.05) is 19.3 Å². The minimum absolute atomic E-state index is 0.139. The van der Waals surface area contributed by atoms with E-state index >= 15 is 0 Å². The number of ether oxygens (including phenoxy) is 1. The summed E-state index contributed by atoms with van der Waals surface area (Å²) < 4.78 is 4.89. The molecule has 0 radical (unpaired) electrons. The Labute approximate surface area is 68.2 Å². The summed E-state index contributed by atoms with van der Waals surface area (Å²) >= 11 is 0. The first-order chi connectivity index (χ1) is 5.34. The van der Waals surface area contributed by atoms with Gasteiger partial charge in [-0.15, -0.1) is 0 Å². The molecule has 11 heavy (non-hydrogen) atoms. The van der Waals surface area contributed by atoms with Gasteiger partial charge < -0.3 is 4.74 Å². The second-order valence-corrected chi connectivity index (χ2v) is 3.31. The van der Waals surface area contributed by atoms with Gasteiger partial charge in [0.2, 0.25) is 0 Å². The molecule has 0 unspecified atom stereocenters. The summed E-state index contributed by atoms with van der Waals surface area (Å²) in [4.78, 5) is 0. The van der Waals surface area contributed by atoms with Crippen LogP contribution in [-0.2, 0) is 4.74 Å². The van der Waals surface area contributed by atoms with Crippen LogP contribution in [0.3, 0.4) is 0 Å². The van der Waals surface area contributed by atoms with Gasteiger partial charge in [-0.25, -0.2) is 0 Å². The van der Waals surface area contributed by atoms with Gasteiger partial charge in [0.1, 0.15) is 6.10 Å². The minimum atomic E-state index is 0.139. The molecular formula is C9H15NO. The molecule has 0 aliphatic heterocycles. The van der Waals surface area contributed by atoms with E-state index in [-0.39, 0.29) is 6.10 Å². The van der Waals surface area contributed by atoms with Crippen molar-refractivity contribution in [2.45, 2.75) is 45.1 Å². The van der Waals surface area contributed by atoms with Crippen LogP contribution in [0, 0.1) is 17.4 Å². The SMILES string of the molecule is C[C@@H](OC#N)C1CCCCC1. The molecule has 0 N–H and O–H groups in total. The van der Waals surface area contributed by atoms with E-state index in [1.807, 2.05) is 6.92 Å². The van der Waals surface area contributed by atoms with Crippen LogP contribution in [0.25, 0.3) is 0 Å². The van der Waals surface area contributed by atoms with Crippen molar-refractivity contribution in [2.75, 3.05) is 0 Å². The van der Waals surface area contributed by atoms with Crippen LogP contribution in [-0.4, -0.2) is 6.10 Å². The molecule has 1 fully saturated rings. The summed E-state index contributed by atoms with van der Waals surface area (Å²) in [6.45, 7) is 2.00. The molecule has 0 aromatic heterocycles. The van der Waals surface area contributed by atoms with Gasteiger partial charge >= 0.3 is 0 Å². The molecule has 1 aliphatic carbocycles. The molecule has 0 spiro atoms. The van der Waals surface area contributed by atoms with E-state index in [2.05, 4.69) is 0 Å². The zero-order valence-electron chi connectivity index (χ0n) is 7.05. The van der Waals surface area contributed by atoms with Crippen molar-refractivity contribution in [2.24, 2.45) is 5.92 Å². The molecule has 62 valence electrons. The fourth-order valence-electron chi connectivity index (χ4n) is 1.78. The van der Waals surface area contributed by atoms with E-state index in [4.69, 9.17) is 10.00 Å². The lowest BCUT2D eigenvalue weighted by Gasteiger charge is -2.25. The van der Waals surface area contributed by atoms with Crippen molar-refractivity contribution >= 4 is 0 Å². The smallest absolute Gasteiger partial charge is 0.286 e. The molecule has 0 aromatic rings. The first-order valence-corrected chi connectivity index (χ1v) is 4.39. The number of hydrogen-bond acceptors (Lipinski definition) is 2. The molecule has 0 bridgehead atoms. The first kappa shape index (κ1) is 8.39. The summed E-state index contributed by atoms with van der Waals surface area (Å²) in [5.41, 5.74) is 0. The summed E-state index contributed by atoms with van der Waals surface area (Å²) in [5.74, 6) is 0.628. The van der Waals surface area contributed by atoms with Crippen LogP contribution in [0.4, 0.5) is 0 Å². The lowest BCUT2D eigenvalue weighted by molar-refractivity contribution is 0.0937. The van der Waals surface area contributed by atoms with Crippen molar-refractivity contribution in [1.82, 2.24) is 0 Å². The molecule has 1 saturated carbocycles. The molecule has 2 heteroatoms. The van der Waals surface area contributed by atoms with E-state index in [1.165, 1.54) is 32.1 Å². The zero-order valence-corrected chi connectivity index (χ0v) is 7.05. The summed E-state index contributed by atoms with van der Waals surface area (Å²) in [6.07, 6.45) is 8.36. The van der Waals surface area contributed by atoms with E-state index in [1.54, 1.807) is 6.26 Å². The van der Waals surface area contributed by atoms with E-state index in [9.17, 15) is 0 Å². The Hall–Kier alpha value is -0.710. The highest BCUT2D eigenvalue weighted by Gasteiger charge is 2.20.